The molecule has 0 saturated carbocycles. The summed E-state index contributed by atoms with van der Waals surface area (Å²) in [6, 6.07) is 5.65. The normalized spacial score (nSPS) is 11.9. The van der Waals surface area contributed by atoms with Crippen LogP contribution in [0.2, 0.25) is 5.02 Å². The third kappa shape index (κ3) is 2.80. The van der Waals surface area contributed by atoms with Crippen molar-refractivity contribution in [2.45, 2.75) is 13.0 Å². The van der Waals surface area contributed by atoms with Gasteiger partial charge in [-0.2, -0.15) is 5.10 Å². The van der Waals surface area contributed by atoms with Crippen molar-refractivity contribution in [3.63, 3.8) is 0 Å². The molecular formula is C13H12ClN3O3. The molecule has 20 heavy (non-hydrogen) atoms. The van der Waals surface area contributed by atoms with Gasteiger partial charge < -0.3 is 10.4 Å². The van der Waals surface area contributed by atoms with Crippen LogP contribution in [0.25, 0.3) is 0 Å². The zero-order chi connectivity index (χ0) is 14.7. The summed E-state index contributed by atoms with van der Waals surface area (Å²) in [7, 11) is 0. The number of anilines is 1. The maximum Gasteiger partial charge on any atom is 0.339 e. The number of carboxylic acids is 1. The van der Waals surface area contributed by atoms with Gasteiger partial charge in [0, 0.05) is 12.4 Å². The van der Waals surface area contributed by atoms with Crippen LogP contribution in [0.1, 0.15) is 23.3 Å². The predicted octanol–water partition coefficient (Wildman–Crippen LogP) is 2.43. The molecule has 0 fully saturated rings. The molecular weight excluding hydrogens is 282 g/mol. The highest BCUT2D eigenvalue weighted by Gasteiger charge is 2.20. The zero-order valence-electron chi connectivity index (χ0n) is 10.6. The van der Waals surface area contributed by atoms with Crippen LogP contribution in [0.5, 0.6) is 0 Å². The van der Waals surface area contributed by atoms with Gasteiger partial charge in [-0.1, -0.05) is 17.7 Å². The van der Waals surface area contributed by atoms with Crippen LogP contribution in [-0.4, -0.2) is 26.8 Å². The van der Waals surface area contributed by atoms with Gasteiger partial charge in [-0.3, -0.25) is 9.48 Å². The number of benzene rings is 1. The van der Waals surface area contributed by atoms with E-state index in [2.05, 4.69) is 10.4 Å². The number of carbonyl (C=O) groups excluding carboxylic acids is 1. The minimum Gasteiger partial charge on any atom is -0.478 e. The van der Waals surface area contributed by atoms with Gasteiger partial charge in [0.1, 0.15) is 11.6 Å². The average molecular weight is 294 g/mol. The number of nitrogens with one attached hydrogen (secondary N) is 1. The van der Waals surface area contributed by atoms with E-state index in [0.29, 0.717) is 0 Å². The molecule has 1 aromatic carbocycles. The van der Waals surface area contributed by atoms with Gasteiger partial charge in [-0.15, -0.1) is 0 Å². The largest absolute Gasteiger partial charge is 0.478 e. The van der Waals surface area contributed by atoms with Crippen molar-refractivity contribution in [3.8, 4) is 0 Å². The Morgan fingerprint density at radius 2 is 2.15 bits per heavy atom. The molecule has 6 nitrogen and oxygen atoms in total. The number of hydrogen-bond acceptors (Lipinski definition) is 3. The number of nitrogens with zero attached hydrogens (tertiary/aromatic N) is 2. The molecule has 1 atom stereocenters. The van der Waals surface area contributed by atoms with Crippen molar-refractivity contribution in [1.29, 1.82) is 0 Å². The van der Waals surface area contributed by atoms with Crippen molar-refractivity contribution in [2.24, 2.45) is 0 Å². The van der Waals surface area contributed by atoms with Gasteiger partial charge in [0.2, 0.25) is 5.91 Å². The highest BCUT2D eigenvalue weighted by Crippen LogP contribution is 2.25. The second-order valence-electron chi connectivity index (χ2n) is 4.12. The predicted molar refractivity (Wildman–Crippen MR) is 74.0 cm³/mol. The Bertz CT molecular complexity index is 640. The van der Waals surface area contributed by atoms with E-state index >= 15 is 0 Å². The maximum absolute atomic E-state index is 12.1. The first-order valence-corrected chi connectivity index (χ1v) is 6.20. The molecule has 2 aromatic rings. The lowest BCUT2D eigenvalue weighted by atomic mass is 10.1. The second kappa shape index (κ2) is 5.75. The maximum atomic E-state index is 12.1. The number of carboxylic acid groups (broad SMARTS) is 1. The molecule has 0 aliphatic rings. The number of amides is 1. The molecule has 7 heteroatoms. The summed E-state index contributed by atoms with van der Waals surface area (Å²) in [5.74, 6) is -1.57. The van der Waals surface area contributed by atoms with E-state index < -0.39 is 12.0 Å². The van der Waals surface area contributed by atoms with Crippen molar-refractivity contribution in [1.82, 2.24) is 9.78 Å². The Kier molecular flexibility index (Phi) is 4.05. The Morgan fingerprint density at radius 3 is 2.75 bits per heavy atom. The Labute approximate surface area is 120 Å². The van der Waals surface area contributed by atoms with E-state index in [-0.39, 0.29) is 22.2 Å². The lowest BCUT2D eigenvalue weighted by molar-refractivity contribution is -0.119. The fourth-order valence-corrected chi connectivity index (χ4v) is 1.97. The highest BCUT2D eigenvalue weighted by molar-refractivity contribution is 6.34. The third-order valence-electron chi connectivity index (χ3n) is 2.79. The summed E-state index contributed by atoms with van der Waals surface area (Å²) in [4.78, 5) is 23.3. The van der Waals surface area contributed by atoms with Gasteiger partial charge in [0.25, 0.3) is 0 Å². The van der Waals surface area contributed by atoms with E-state index in [1.54, 1.807) is 31.5 Å². The van der Waals surface area contributed by atoms with Crippen molar-refractivity contribution >= 4 is 29.2 Å². The minimum absolute atomic E-state index is 0.0713. The summed E-state index contributed by atoms with van der Waals surface area (Å²) in [6.45, 7) is 1.66. The molecule has 104 valence electrons. The SMILES string of the molecule is CC(C(=O)Nc1cccc(Cl)c1C(=O)O)n1cccn1. The molecule has 0 spiro atoms. The van der Waals surface area contributed by atoms with Crippen LogP contribution in [0.15, 0.2) is 36.7 Å². The molecule has 1 aromatic heterocycles. The first-order chi connectivity index (χ1) is 9.50. The number of aromatic carboxylic acids is 1. The van der Waals surface area contributed by atoms with Gasteiger partial charge in [0.15, 0.2) is 0 Å². The van der Waals surface area contributed by atoms with Gasteiger partial charge in [0.05, 0.1) is 10.7 Å². The number of hydrogen-bond donors (Lipinski definition) is 2. The van der Waals surface area contributed by atoms with Gasteiger partial charge >= 0.3 is 5.97 Å². The van der Waals surface area contributed by atoms with E-state index in [0.717, 1.165) is 0 Å². The average Bonchev–Trinajstić information content (AvgIpc) is 2.91. The van der Waals surface area contributed by atoms with Crippen molar-refractivity contribution < 1.29 is 14.7 Å². The standard InChI is InChI=1S/C13H12ClN3O3/c1-8(17-7-3-6-15-17)12(18)16-10-5-2-4-9(14)11(10)13(19)20/h2-8H,1H3,(H,16,18)(H,19,20). The molecule has 0 saturated heterocycles. The van der Waals surface area contributed by atoms with Crippen molar-refractivity contribution in [3.05, 3.63) is 47.2 Å². The van der Waals surface area contributed by atoms with Crippen LogP contribution in [0, 0.1) is 0 Å². The summed E-state index contributed by atoms with van der Waals surface area (Å²) < 4.78 is 1.47. The van der Waals surface area contributed by atoms with E-state index in [9.17, 15) is 9.59 Å². The Hall–Kier alpha value is -2.34. The topological polar surface area (TPSA) is 84.2 Å². The van der Waals surface area contributed by atoms with Gasteiger partial charge in [-0.25, -0.2) is 4.79 Å². The summed E-state index contributed by atoms with van der Waals surface area (Å²) in [5, 5.41) is 15.7. The molecule has 2 rings (SSSR count). The van der Waals surface area contributed by atoms with Crippen LogP contribution in [0.4, 0.5) is 5.69 Å². The summed E-state index contributed by atoms with van der Waals surface area (Å²) in [5.41, 5.74) is 0.0317. The molecule has 0 aliphatic heterocycles. The van der Waals surface area contributed by atoms with Gasteiger partial charge in [-0.05, 0) is 25.1 Å². The molecule has 1 heterocycles. The fraction of sp³-hybridized carbons (Fsp3) is 0.154. The fourth-order valence-electron chi connectivity index (χ4n) is 1.71. The van der Waals surface area contributed by atoms with E-state index in [1.165, 1.54) is 16.8 Å². The van der Waals surface area contributed by atoms with Crippen LogP contribution in [-0.2, 0) is 4.79 Å². The van der Waals surface area contributed by atoms with Crippen LogP contribution < -0.4 is 5.32 Å². The Morgan fingerprint density at radius 1 is 1.40 bits per heavy atom. The molecule has 1 amide bonds. The lowest BCUT2D eigenvalue weighted by Gasteiger charge is -2.14. The number of carbonyl (C=O) groups is 2. The molecule has 2 N–H and O–H groups in total. The molecule has 1 unspecified atom stereocenters. The number of halogens is 1. The first kappa shape index (κ1) is 14.1. The lowest BCUT2D eigenvalue weighted by Crippen LogP contribution is -2.25. The number of rotatable bonds is 4. The first-order valence-electron chi connectivity index (χ1n) is 5.82. The zero-order valence-corrected chi connectivity index (χ0v) is 11.3. The van der Waals surface area contributed by atoms with E-state index in [1.807, 2.05) is 0 Å². The Balaban J connectivity index is 2.24. The summed E-state index contributed by atoms with van der Waals surface area (Å²) in [6.07, 6.45) is 3.21. The van der Waals surface area contributed by atoms with Crippen LogP contribution in [0.3, 0.4) is 0 Å². The summed E-state index contributed by atoms with van der Waals surface area (Å²) >= 11 is 5.84. The monoisotopic (exact) mass is 293 g/mol. The molecule has 0 aliphatic carbocycles. The van der Waals surface area contributed by atoms with Crippen molar-refractivity contribution in [2.75, 3.05) is 5.32 Å². The third-order valence-corrected chi connectivity index (χ3v) is 3.10. The quantitative estimate of drug-likeness (QED) is 0.907. The van der Waals surface area contributed by atoms with E-state index in [4.69, 9.17) is 16.7 Å². The molecule has 0 radical (unpaired) electrons. The molecule has 0 bridgehead atoms. The minimum atomic E-state index is -1.20. The highest BCUT2D eigenvalue weighted by atomic mass is 35.5. The number of aromatic nitrogens is 2. The smallest absolute Gasteiger partial charge is 0.339 e. The van der Waals surface area contributed by atoms with Crippen LogP contribution >= 0.6 is 11.6 Å². The second-order valence-corrected chi connectivity index (χ2v) is 4.53.